The molecule has 1 aliphatic rings. The Bertz CT molecular complexity index is 555. The number of urea groups is 1. The summed E-state index contributed by atoms with van der Waals surface area (Å²) in [5, 5.41) is 5.76. The summed E-state index contributed by atoms with van der Waals surface area (Å²) in [5.41, 5.74) is 2.05. The number of nitrogens with one attached hydrogen (secondary N) is 2. The zero-order chi connectivity index (χ0) is 17.5. The third-order valence-corrected chi connectivity index (χ3v) is 4.41. The molecule has 0 radical (unpaired) electrons. The highest BCUT2D eigenvalue weighted by molar-refractivity contribution is 5.96. The second-order valence-electron chi connectivity index (χ2n) is 6.17. The van der Waals surface area contributed by atoms with Gasteiger partial charge < -0.3 is 20.4 Å². The highest BCUT2D eigenvalue weighted by Crippen LogP contribution is 2.21. The van der Waals surface area contributed by atoms with E-state index in [2.05, 4.69) is 29.4 Å². The molecule has 132 valence electrons. The third-order valence-electron chi connectivity index (χ3n) is 4.41. The van der Waals surface area contributed by atoms with Gasteiger partial charge in [-0.3, -0.25) is 4.79 Å². The maximum Gasteiger partial charge on any atom is 0.315 e. The second-order valence-corrected chi connectivity index (χ2v) is 6.17. The van der Waals surface area contributed by atoms with E-state index >= 15 is 0 Å². The minimum absolute atomic E-state index is 0.0484. The number of hydrogen-bond acceptors (Lipinski definition) is 3. The van der Waals surface area contributed by atoms with E-state index < -0.39 is 0 Å². The van der Waals surface area contributed by atoms with E-state index in [0.717, 1.165) is 30.9 Å². The first-order valence-corrected chi connectivity index (χ1v) is 8.67. The zero-order valence-electron chi connectivity index (χ0n) is 14.8. The summed E-state index contributed by atoms with van der Waals surface area (Å²) < 4.78 is 0. The van der Waals surface area contributed by atoms with Crippen molar-refractivity contribution in [2.24, 2.45) is 0 Å². The highest BCUT2D eigenvalue weighted by Gasteiger charge is 2.31. The Balaban J connectivity index is 1.79. The lowest BCUT2D eigenvalue weighted by Gasteiger charge is -2.19. The summed E-state index contributed by atoms with van der Waals surface area (Å²) in [6.45, 7) is 10.1. The fourth-order valence-corrected chi connectivity index (χ4v) is 2.88. The van der Waals surface area contributed by atoms with Crippen LogP contribution in [0.25, 0.3) is 0 Å². The van der Waals surface area contributed by atoms with E-state index in [1.807, 2.05) is 31.2 Å². The average Bonchev–Trinajstić information content (AvgIpc) is 2.92. The van der Waals surface area contributed by atoms with Gasteiger partial charge in [-0.25, -0.2) is 4.79 Å². The maximum atomic E-state index is 12.2. The van der Waals surface area contributed by atoms with E-state index in [4.69, 9.17) is 0 Å². The number of hydrogen-bond donors (Lipinski definition) is 2. The number of likely N-dealkylation sites (N-methyl/N-ethyl adjacent to an activating group) is 1. The van der Waals surface area contributed by atoms with Crippen LogP contribution in [0.2, 0.25) is 0 Å². The fraction of sp³-hybridized carbons (Fsp3) is 0.556. The van der Waals surface area contributed by atoms with Gasteiger partial charge in [0.1, 0.15) is 0 Å². The number of carbonyl (C=O) groups is 2. The number of rotatable bonds is 7. The largest absolute Gasteiger partial charge is 0.337 e. The van der Waals surface area contributed by atoms with E-state index in [-0.39, 0.29) is 18.0 Å². The minimum Gasteiger partial charge on any atom is -0.337 e. The molecule has 0 unspecified atom stereocenters. The predicted octanol–water partition coefficient (Wildman–Crippen LogP) is 1.74. The Morgan fingerprint density at radius 3 is 2.54 bits per heavy atom. The van der Waals surface area contributed by atoms with Crippen molar-refractivity contribution >= 4 is 17.6 Å². The molecule has 3 amide bonds. The summed E-state index contributed by atoms with van der Waals surface area (Å²) in [6.07, 6.45) is 0.345. The number of amides is 3. The predicted molar refractivity (Wildman–Crippen MR) is 96.3 cm³/mol. The summed E-state index contributed by atoms with van der Waals surface area (Å²) in [6, 6.07) is 7.52. The van der Waals surface area contributed by atoms with Gasteiger partial charge in [0.15, 0.2) is 0 Å². The molecule has 0 spiro atoms. The molecule has 2 rings (SSSR count). The van der Waals surface area contributed by atoms with Gasteiger partial charge in [-0.1, -0.05) is 31.5 Å². The highest BCUT2D eigenvalue weighted by atomic mass is 16.2. The molecule has 1 aliphatic heterocycles. The van der Waals surface area contributed by atoms with Crippen LogP contribution in [-0.4, -0.2) is 55.6 Å². The Labute approximate surface area is 144 Å². The third kappa shape index (κ3) is 4.96. The van der Waals surface area contributed by atoms with Gasteiger partial charge in [0, 0.05) is 31.7 Å². The van der Waals surface area contributed by atoms with Gasteiger partial charge in [0.25, 0.3) is 0 Å². The van der Waals surface area contributed by atoms with Crippen LogP contribution in [0.1, 0.15) is 25.8 Å². The van der Waals surface area contributed by atoms with Gasteiger partial charge >= 0.3 is 6.03 Å². The van der Waals surface area contributed by atoms with Gasteiger partial charge in [0.2, 0.25) is 5.91 Å². The number of anilines is 1. The van der Waals surface area contributed by atoms with Gasteiger partial charge in [-0.05, 0) is 32.1 Å². The van der Waals surface area contributed by atoms with Crippen LogP contribution in [0.3, 0.4) is 0 Å². The van der Waals surface area contributed by atoms with E-state index in [0.29, 0.717) is 19.5 Å². The topological polar surface area (TPSA) is 64.7 Å². The normalized spacial score (nSPS) is 17.4. The SMILES string of the molecule is CCN(CC)CCNC(=O)N[C@@H]1CC(=O)N(c2ccc(C)cc2)C1. The quantitative estimate of drug-likeness (QED) is 0.799. The van der Waals surface area contributed by atoms with E-state index in [1.165, 1.54) is 0 Å². The standard InChI is InChI=1S/C18H28N4O2/c1-4-21(5-2)11-10-19-18(24)20-15-12-17(23)22(13-15)16-8-6-14(3)7-9-16/h6-9,15H,4-5,10-13H2,1-3H3,(H2,19,20,24)/t15-/m1/s1. The molecule has 6 heteroatoms. The summed E-state index contributed by atoms with van der Waals surface area (Å²) in [5.74, 6) is 0.0484. The lowest BCUT2D eigenvalue weighted by molar-refractivity contribution is -0.117. The lowest BCUT2D eigenvalue weighted by atomic mass is 10.2. The number of carbonyl (C=O) groups excluding carboxylic acids is 2. The molecule has 2 N–H and O–H groups in total. The lowest BCUT2D eigenvalue weighted by Crippen LogP contribution is -2.45. The van der Waals surface area contributed by atoms with Crippen molar-refractivity contribution in [3.05, 3.63) is 29.8 Å². The molecule has 0 aromatic heterocycles. The molecular formula is C18H28N4O2. The summed E-state index contributed by atoms with van der Waals surface area (Å²) >= 11 is 0. The summed E-state index contributed by atoms with van der Waals surface area (Å²) in [7, 11) is 0. The smallest absolute Gasteiger partial charge is 0.315 e. The minimum atomic E-state index is -0.203. The molecule has 1 heterocycles. The Morgan fingerprint density at radius 1 is 1.25 bits per heavy atom. The van der Waals surface area contributed by atoms with E-state index in [1.54, 1.807) is 4.90 Å². The van der Waals surface area contributed by atoms with Crippen molar-refractivity contribution in [2.75, 3.05) is 37.6 Å². The first-order valence-electron chi connectivity index (χ1n) is 8.67. The monoisotopic (exact) mass is 332 g/mol. The van der Waals surface area contributed by atoms with Crippen molar-refractivity contribution in [3.8, 4) is 0 Å². The molecule has 24 heavy (non-hydrogen) atoms. The van der Waals surface area contributed by atoms with E-state index in [9.17, 15) is 9.59 Å². The van der Waals surface area contributed by atoms with Crippen molar-refractivity contribution in [1.29, 1.82) is 0 Å². The van der Waals surface area contributed by atoms with Gasteiger partial charge in [-0.15, -0.1) is 0 Å². The van der Waals surface area contributed by atoms with Crippen molar-refractivity contribution in [2.45, 2.75) is 33.2 Å². The molecule has 0 bridgehead atoms. The Kier molecular flexibility index (Phi) is 6.61. The first-order chi connectivity index (χ1) is 11.5. The number of benzene rings is 1. The van der Waals surface area contributed by atoms with Crippen LogP contribution in [0, 0.1) is 6.92 Å². The zero-order valence-corrected chi connectivity index (χ0v) is 14.8. The van der Waals surface area contributed by atoms with Crippen LogP contribution in [0.4, 0.5) is 10.5 Å². The van der Waals surface area contributed by atoms with Gasteiger partial charge in [0.05, 0.1) is 6.04 Å². The van der Waals surface area contributed by atoms with Crippen LogP contribution >= 0.6 is 0 Å². The van der Waals surface area contributed by atoms with Crippen LogP contribution < -0.4 is 15.5 Å². The molecule has 1 saturated heterocycles. The second kappa shape index (κ2) is 8.68. The van der Waals surface area contributed by atoms with Crippen LogP contribution in [0.5, 0.6) is 0 Å². The number of nitrogens with zero attached hydrogens (tertiary/aromatic N) is 2. The fourth-order valence-electron chi connectivity index (χ4n) is 2.88. The number of aryl methyl sites for hydroxylation is 1. The molecule has 1 aromatic carbocycles. The molecule has 6 nitrogen and oxygen atoms in total. The Hall–Kier alpha value is -2.08. The molecule has 1 atom stereocenters. The summed E-state index contributed by atoms with van der Waals surface area (Å²) in [4.78, 5) is 28.1. The molecule has 0 saturated carbocycles. The first kappa shape index (κ1) is 18.3. The molecular weight excluding hydrogens is 304 g/mol. The van der Waals surface area contributed by atoms with Crippen molar-refractivity contribution < 1.29 is 9.59 Å². The van der Waals surface area contributed by atoms with Crippen molar-refractivity contribution in [1.82, 2.24) is 15.5 Å². The van der Waals surface area contributed by atoms with Crippen molar-refractivity contribution in [3.63, 3.8) is 0 Å². The van der Waals surface area contributed by atoms with Gasteiger partial charge in [-0.2, -0.15) is 0 Å². The molecule has 1 aromatic rings. The Morgan fingerprint density at radius 2 is 1.92 bits per heavy atom. The maximum absolute atomic E-state index is 12.2. The molecule has 1 fully saturated rings. The van der Waals surface area contributed by atoms with Crippen LogP contribution in [0.15, 0.2) is 24.3 Å². The van der Waals surface area contributed by atoms with Crippen LogP contribution in [-0.2, 0) is 4.79 Å². The molecule has 0 aliphatic carbocycles. The average molecular weight is 332 g/mol.